The molecule has 0 saturated heterocycles. The van der Waals surface area contributed by atoms with Gasteiger partial charge < -0.3 is 10.4 Å². The van der Waals surface area contributed by atoms with Crippen molar-refractivity contribution in [3.05, 3.63) is 10.6 Å². The lowest BCUT2D eigenvalue weighted by molar-refractivity contribution is -0.148. The first-order valence-corrected chi connectivity index (χ1v) is 8.15. The van der Waals surface area contributed by atoms with Crippen molar-refractivity contribution >= 4 is 23.4 Å². The predicted molar refractivity (Wildman–Crippen MR) is 79.4 cm³/mol. The maximum atomic E-state index is 12.5. The lowest BCUT2D eigenvalue weighted by Gasteiger charge is -2.39. The second-order valence-corrected chi connectivity index (χ2v) is 6.43. The van der Waals surface area contributed by atoms with Crippen molar-refractivity contribution in [2.45, 2.75) is 57.9 Å². The maximum absolute atomic E-state index is 12.5. The quantitative estimate of drug-likeness (QED) is 0.870. The van der Waals surface area contributed by atoms with Crippen LogP contribution >= 0.6 is 11.5 Å². The van der Waals surface area contributed by atoms with Crippen LogP contribution in [0.1, 0.15) is 61.3 Å². The highest BCUT2D eigenvalue weighted by atomic mass is 32.1. The van der Waals surface area contributed by atoms with Gasteiger partial charge in [0.15, 0.2) is 0 Å². The summed E-state index contributed by atoms with van der Waals surface area (Å²) in [6, 6.07) is 0. The van der Waals surface area contributed by atoms with Gasteiger partial charge in [-0.25, -0.2) is 4.79 Å². The van der Waals surface area contributed by atoms with Gasteiger partial charge in [0.2, 0.25) is 0 Å². The number of rotatable bonds is 5. The number of aromatic nitrogens is 2. The van der Waals surface area contributed by atoms with Crippen molar-refractivity contribution in [2.24, 2.45) is 5.92 Å². The summed E-state index contributed by atoms with van der Waals surface area (Å²) in [7, 11) is 0. The second-order valence-electron chi connectivity index (χ2n) is 5.68. The molecular weight excluding hydrogens is 290 g/mol. The fourth-order valence-electron chi connectivity index (χ4n) is 2.94. The van der Waals surface area contributed by atoms with Crippen molar-refractivity contribution in [1.29, 1.82) is 0 Å². The predicted octanol–water partition coefficient (Wildman–Crippen LogP) is 2.25. The molecule has 1 aliphatic carbocycles. The Morgan fingerprint density at radius 3 is 2.86 bits per heavy atom. The van der Waals surface area contributed by atoms with Crippen molar-refractivity contribution in [1.82, 2.24) is 14.9 Å². The van der Waals surface area contributed by atoms with Crippen LogP contribution in [0.25, 0.3) is 0 Å². The minimum absolute atomic E-state index is 0.0804. The highest BCUT2D eigenvalue weighted by Crippen LogP contribution is 2.34. The third-order valence-corrected chi connectivity index (χ3v) is 5.03. The van der Waals surface area contributed by atoms with Crippen molar-refractivity contribution < 1.29 is 14.7 Å². The molecule has 1 aliphatic rings. The number of aryl methyl sites for hydroxylation is 1. The molecule has 116 valence electrons. The summed E-state index contributed by atoms with van der Waals surface area (Å²) in [6.07, 6.45) is 4.66. The smallest absolute Gasteiger partial charge is 0.329 e. The molecule has 7 heteroatoms. The Kier molecular flexibility index (Phi) is 4.92. The summed E-state index contributed by atoms with van der Waals surface area (Å²) in [5.74, 6) is -1.38. The largest absolute Gasteiger partial charge is 0.479 e. The van der Waals surface area contributed by atoms with E-state index >= 15 is 0 Å². The molecule has 21 heavy (non-hydrogen) atoms. The number of hydrogen-bond donors (Lipinski definition) is 2. The standard InChI is InChI=1S/C14H21N3O3S/c1-3-6-10-11(21-17-16-10)12(18)15-14(13(19)20)8-5-4-7-9(14)2/h9H,3-8H2,1-2H3,(H,15,18)(H,19,20). The molecule has 0 aliphatic heterocycles. The molecule has 6 nitrogen and oxygen atoms in total. The summed E-state index contributed by atoms with van der Waals surface area (Å²) in [5, 5.41) is 16.4. The number of nitrogens with one attached hydrogen (secondary N) is 1. The monoisotopic (exact) mass is 311 g/mol. The molecule has 0 bridgehead atoms. The van der Waals surface area contributed by atoms with Gasteiger partial charge in [-0.3, -0.25) is 4.79 Å². The van der Waals surface area contributed by atoms with Gasteiger partial charge in [-0.2, -0.15) is 0 Å². The lowest BCUT2D eigenvalue weighted by atomic mass is 9.73. The van der Waals surface area contributed by atoms with Gasteiger partial charge in [-0.15, -0.1) is 5.10 Å². The first kappa shape index (κ1) is 15.9. The summed E-state index contributed by atoms with van der Waals surface area (Å²) in [5.41, 5.74) is -0.507. The van der Waals surface area contributed by atoms with E-state index < -0.39 is 11.5 Å². The van der Waals surface area contributed by atoms with Gasteiger partial charge >= 0.3 is 5.97 Å². The van der Waals surface area contributed by atoms with E-state index in [1.54, 1.807) is 0 Å². The van der Waals surface area contributed by atoms with Gasteiger partial charge in [0.05, 0.1) is 5.69 Å². The van der Waals surface area contributed by atoms with E-state index in [-0.39, 0.29) is 11.8 Å². The van der Waals surface area contributed by atoms with E-state index in [2.05, 4.69) is 14.9 Å². The van der Waals surface area contributed by atoms with Crippen LogP contribution in [-0.4, -0.2) is 32.1 Å². The van der Waals surface area contributed by atoms with Crippen LogP contribution in [0.3, 0.4) is 0 Å². The van der Waals surface area contributed by atoms with E-state index in [1.807, 2.05) is 13.8 Å². The molecule has 1 saturated carbocycles. The minimum atomic E-state index is -1.16. The van der Waals surface area contributed by atoms with Crippen molar-refractivity contribution in [3.63, 3.8) is 0 Å². The lowest BCUT2D eigenvalue weighted by Crippen LogP contribution is -2.60. The fraction of sp³-hybridized carbons (Fsp3) is 0.714. The van der Waals surface area contributed by atoms with Gasteiger partial charge in [0.25, 0.3) is 5.91 Å². The average Bonchev–Trinajstić information content (AvgIpc) is 2.90. The van der Waals surface area contributed by atoms with E-state index in [1.165, 1.54) is 0 Å². The Labute approximate surface area is 128 Å². The minimum Gasteiger partial charge on any atom is -0.479 e. The van der Waals surface area contributed by atoms with Crippen LogP contribution in [0.4, 0.5) is 0 Å². The maximum Gasteiger partial charge on any atom is 0.329 e. The Morgan fingerprint density at radius 1 is 1.48 bits per heavy atom. The number of nitrogens with zero attached hydrogens (tertiary/aromatic N) is 2. The van der Waals surface area contributed by atoms with Crippen molar-refractivity contribution in [2.75, 3.05) is 0 Å². The van der Waals surface area contributed by atoms with Crippen molar-refractivity contribution in [3.8, 4) is 0 Å². The average molecular weight is 311 g/mol. The normalized spacial score (nSPS) is 25.5. The molecule has 2 rings (SSSR count). The third kappa shape index (κ3) is 3.07. The van der Waals surface area contributed by atoms with Crippen LogP contribution in [0, 0.1) is 5.92 Å². The molecule has 1 fully saturated rings. The van der Waals surface area contributed by atoms with Gasteiger partial charge in [-0.05, 0) is 36.7 Å². The number of amides is 1. The highest BCUT2D eigenvalue weighted by Gasteiger charge is 2.46. The molecule has 1 aromatic rings. The first-order valence-electron chi connectivity index (χ1n) is 7.38. The Hall–Kier alpha value is -1.50. The molecule has 1 heterocycles. The summed E-state index contributed by atoms with van der Waals surface area (Å²) in [4.78, 5) is 24.7. The molecule has 1 amide bonds. The highest BCUT2D eigenvalue weighted by molar-refractivity contribution is 7.08. The number of carboxylic acids is 1. The van der Waals surface area contributed by atoms with E-state index in [9.17, 15) is 14.7 Å². The Bertz CT molecular complexity index is 531. The number of hydrogen-bond acceptors (Lipinski definition) is 5. The molecular formula is C14H21N3O3S. The molecule has 2 N–H and O–H groups in total. The SMILES string of the molecule is CCCc1nnsc1C(=O)NC1(C(=O)O)CCCCC1C. The second kappa shape index (κ2) is 6.51. The Morgan fingerprint density at radius 2 is 2.24 bits per heavy atom. The summed E-state index contributed by atoms with van der Waals surface area (Å²) < 4.78 is 3.82. The van der Waals surface area contributed by atoms with Crippen LogP contribution < -0.4 is 5.32 Å². The zero-order valence-corrected chi connectivity index (χ0v) is 13.2. The van der Waals surface area contributed by atoms with E-state index in [4.69, 9.17) is 0 Å². The van der Waals surface area contributed by atoms with Crippen LogP contribution in [0.15, 0.2) is 0 Å². The van der Waals surface area contributed by atoms with Gasteiger partial charge in [-0.1, -0.05) is 37.6 Å². The van der Waals surface area contributed by atoms with Gasteiger partial charge in [0, 0.05) is 0 Å². The van der Waals surface area contributed by atoms with Crippen LogP contribution in [0.2, 0.25) is 0 Å². The first-order chi connectivity index (χ1) is 10.0. The zero-order chi connectivity index (χ0) is 15.5. The molecule has 1 aromatic heterocycles. The summed E-state index contributed by atoms with van der Waals surface area (Å²) in [6.45, 7) is 3.90. The zero-order valence-electron chi connectivity index (χ0n) is 12.4. The van der Waals surface area contributed by atoms with Crippen LogP contribution in [-0.2, 0) is 11.2 Å². The number of carbonyl (C=O) groups is 2. The third-order valence-electron chi connectivity index (χ3n) is 4.27. The van der Waals surface area contributed by atoms with Gasteiger partial charge in [0.1, 0.15) is 10.4 Å². The van der Waals surface area contributed by atoms with E-state index in [0.29, 0.717) is 23.4 Å². The van der Waals surface area contributed by atoms with Crippen LogP contribution in [0.5, 0.6) is 0 Å². The number of carboxylic acid groups (broad SMARTS) is 1. The molecule has 0 radical (unpaired) electrons. The molecule has 0 spiro atoms. The van der Waals surface area contributed by atoms with E-state index in [0.717, 1.165) is 37.2 Å². The molecule has 2 unspecified atom stereocenters. The summed E-state index contributed by atoms with van der Waals surface area (Å²) >= 11 is 1.03. The number of aliphatic carboxylic acids is 1. The topological polar surface area (TPSA) is 92.2 Å². The molecule has 0 aromatic carbocycles. The molecule has 2 atom stereocenters. The fourth-order valence-corrected chi connectivity index (χ4v) is 3.55. The number of carbonyl (C=O) groups excluding carboxylic acids is 1. The Balaban J connectivity index is 2.22.